The fourth-order valence-electron chi connectivity index (χ4n) is 4.43. The van der Waals surface area contributed by atoms with Crippen LogP contribution in [0.3, 0.4) is 0 Å². The van der Waals surface area contributed by atoms with Crippen molar-refractivity contribution in [2.75, 3.05) is 0 Å². The van der Waals surface area contributed by atoms with E-state index in [0.29, 0.717) is 11.1 Å². The molecule has 0 aromatic heterocycles. The lowest BCUT2D eigenvalue weighted by Crippen LogP contribution is -2.05. The quantitative estimate of drug-likeness (QED) is 0.133. The third-order valence-corrected chi connectivity index (χ3v) is 10.7. The van der Waals surface area contributed by atoms with Crippen LogP contribution in [-0.4, -0.2) is 16.8 Å². The molecule has 5 rings (SSSR count). The van der Waals surface area contributed by atoms with E-state index in [2.05, 4.69) is 5.03 Å². The fourth-order valence-corrected chi connectivity index (χ4v) is 6.98. The number of benzene rings is 5. The van der Waals surface area contributed by atoms with E-state index < -0.39 is 20.2 Å². The Bertz CT molecular complexity index is 1730. The van der Waals surface area contributed by atoms with Crippen LogP contribution in [-0.2, 0) is 25.3 Å². The summed E-state index contributed by atoms with van der Waals surface area (Å²) in [5, 5.41) is 3.59. The number of hydrogen-bond donors (Lipinski definition) is 0. The van der Waals surface area contributed by atoms with Crippen LogP contribution in [0.5, 0.6) is 0 Å². The number of rotatable bonds is 6. The van der Waals surface area contributed by atoms with Crippen molar-refractivity contribution in [2.24, 2.45) is 0 Å². The molecule has 0 heterocycles. The first kappa shape index (κ1) is 25.5. The van der Waals surface area contributed by atoms with Crippen LogP contribution in [0, 0.1) is 0 Å². The van der Waals surface area contributed by atoms with Crippen molar-refractivity contribution < 1.29 is 21.9 Å². The van der Waals surface area contributed by atoms with E-state index in [0.717, 1.165) is 38.7 Å². The van der Waals surface area contributed by atoms with Crippen molar-refractivity contribution in [2.45, 2.75) is 9.79 Å². The van der Waals surface area contributed by atoms with Gasteiger partial charge in [-0.2, -0.15) is 21.9 Å². The topological polar surface area (TPSA) is 86.7 Å². The van der Waals surface area contributed by atoms with Gasteiger partial charge in [-0.25, -0.2) is 0 Å². The van der Waals surface area contributed by atoms with Crippen LogP contribution in [0.4, 0.5) is 0 Å². The van der Waals surface area contributed by atoms with E-state index >= 15 is 0 Å². The van der Waals surface area contributed by atoms with Gasteiger partial charge in [-0.15, -0.1) is 0 Å². The molecule has 36 heavy (non-hydrogen) atoms. The average Bonchev–Trinajstić information content (AvgIpc) is 2.91. The van der Waals surface area contributed by atoms with Crippen LogP contribution in [0.15, 0.2) is 107 Å². The van der Waals surface area contributed by atoms with Crippen LogP contribution >= 0.6 is 46.0 Å². The average molecular weight is 742 g/mol. The molecule has 0 N–H and O–H groups in total. The molecule has 0 atom stereocenters. The largest absolute Gasteiger partial charge is 0.306 e. The molecular weight excluding hydrogens is 726 g/mol. The summed E-state index contributed by atoms with van der Waals surface area (Å²) in [6, 6.07) is 29.5. The van der Waals surface area contributed by atoms with Gasteiger partial charge in [0.2, 0.25) is 0 Å². The molecule has 0 amide bonds. The standard InChI is InChI=1S/C26H16I2O6S2/c27-33-35(29,30)19-14-18(15-20(16-19)36(31,32)34-28)26-23-12-6-4-10-21(23)25(17-8-2-1-3-9-17)22-11-5-7-13-24(22)26/h1-16H. The van der Waals surface area contributed by atoms with Crippen LogP contribution in [0.25, 0.3) is 43.8 Å². The van der Waals surface area contributed by atoms with E-state index in [1.165, 1.54) is 58.1 Å². The van der Waals surface area contributed by atoms with Gasteiger partial charge < -0.3 is 0 Å². The molecule has 0 spiro atoms. The smallest absolute Gasteiger partial charge is 0.195 e. The molecule has 5 aromatic rings. The van der Waals surface area contributed by atoms with Gasteiger partial charge in [0.1, 0.15) is 46.0 Å². The maximum atomic E-state index is 12.7. The van der Waals surface area contributed by atoms with Gasteiger partial charge in [0.15, 0.2) is 0 Å². The summed E-state index contributed by atoms with van der Waals surface area (Å²) in [5.74, 6) is 0. The molecule has 0 radical (unpaired) electrons. The first-order chi connectivity index (χ1) is 17.3. The first-order valence-electron chi connectivity index (χ1n) is 10.5. The first-order valence-corrected chi connectivity index (χ1v) is 15.1. The molecule has 182 valence electrons. The summed E-state index contributed by atoms with van der Waals surface area (Å²) in [6.45, 7) is 0. The molecule has 0 bridgehead atoms. The Kier molecular flexibility index (Phi) is 7.09. The van der Waals surface area contributed by atoms with Gasteiger partial charge in [0.05, 0.1) is 9.79 Å². The Hall–Kier alpha value is -2.10. The summed E-state index contributed by atoms with van der Waals surface area (Å²) in [6.07, 6.45) is 0. The Morgan fingerprint density at radius 1 is 0.472 bits per heavy atom. The predicted octanol–water partition coefficient (Wildman–Crippen LogP) is 7.44. The Balaban J connectivity index is 1.97. The highest BCUT2D eigenvalue weighted by Crippen LogP contribution is 2.44. The highest BCUT2D eigenvalue weighted by molar-refractivity contribution is 14.1. The van der Waals surface area contributed by atoms with Gasteiger partial charge in [-0.3, -0.25) is 0 Å². The molecule has 0 unspecified atom stereocenters. The monoisotopic (exact) mass is 742 g/mol. The minimum absolute atomic E-state index is 0.290. The Morgan fingerprint density at radius 2 is 0.833 bits per heavy atom. The number of hydrogen-bond acceptors (Lipinski definition) is 6. The van der Waals surface area contributed by atoms with Gasteiger partial charge in [-0.05, 0) is 62.0 Å². The van der Waals surface area contributed by atoms with E-state index in [9.17, 15) is 16.8 Å². The molecule has 0 aliphatic rings. The third-order valence-electron chi connectivity index (χ3n) is 5.91. The molecule has 0 aliphatic heterocycles. The van der Waals surface area contributed by atoms with E-state index in [1.54, 1.807) is 0 Å². The molecule has 6 nitrogen and oxygen atoms in total. The highest BCUT2D eigenvalue weighted by Gasteiger charge is 2.24. The van der Waals surface area contributed by atoms with Crippen molar-refractivity contribution in [1.29, 1.82) is 0 Å². The van der Waals surface area contributed by atoms with Crippen molar-refractivity contribution in [3.05, 3.63) is 97.1 Å². The summed E-state index contributed by atoms with van der Waals surface area (Å²) in [4.78, 5) is -0.580. The van der Waals surface area contributed by atoms with Crippen LogP contribution in [0.2, 0.25) is 0 Å². The van der Waals surface area contributed by atoms with Crippen LogP contribution in [0.1, 0.15) is 0 Å². The summed E-state index contributed by atoms with van der Waals surface area (Å²) in [5.41, 5.74) is 3.18. The zero-order valence-electron chi connectivity index (χ0n) is 18.3. The zero-order chi connectivity index (χ0) is 25.5. The lowest BCUT2D eigenvalue weighted by molar-refractivity contribution is 0.534. The normalized spacial score (nSPS) is 12.3. The zero-order valence-corrected chi connectivity index (χ0v) is 24.2. The second kappa shape index (κ2) is 9.99. The molecule has 5 aromatic carbocycles. The lowest BCUT2D eigenvalue weighted by atomic mass is 9.86. The van der Waals surface area contributed by atoms with E-state index in [4.69, 9.17) is 0 Å². The Labute approximate surface area is 236 Å². The molecule has 0 saturated carbocycles. The second-order valence-corrected chi connectivity index (χ2v) is 13.1. The predicted molar refractivity (Wildman–Crippen MR) is 157 cm³/mol. The number of fused-ring (bicyclic) bond motifs is 2. The minimum atomic E-state index is -4.21. The maximum Gasteiger partial charge on any atom is 0.306 e. The van der Waals surface area contributed by atoms with Crippen LogP contribution < -0.4 is 0 Å². The van der Waals surface area contributed by atoms with Crippen molar-refractivity contribution in [3.8, 4) is 22.3 Å². The minimum Gasteiger partial charge on any atom is -0.195 e. The second-order valence-electron chi connectivity index (χ2n) is 7.93. The molecule has 0 fully saturated rings. The highest BCUT2D eigenvalue weighted by atomic mass is 127. The molecular formula is C26H16I2O6S2. The van der Waals surface area contributed by atoms with Crippen molar-refractivity contribution in [1.82, 2.24) is 0 Å². The van der Waals surface area contributed by atoms with E-state index in [1.807, 2.05) is 78.9 Å². The van der Waals surface area contributed by atoms with Gasteiger partial charge >= 0.3 is 20.2 Å². The summed E-state index contributed by atoms with van der Waals surface area (Å²) >= 11 is 2.54. The molecule has 10 heteroatoms. The SMILES string of the molecule is O=S(=O)(OI)c1cc(-c2c3ccccc3c(-c3ccccc3)c3ccccc23)cc(S(=O)(=O)OI)c1. The Morgan fingerprint density at radius 3 is 1.22 bits per heavy atom. The van der Waals surface area contributed by atoms with Gasteiger partial charge in [0, 0.05) is 0 Å². The fraction of sp³-hybridized carbons (Fsp3) is 0. The molecule has 0 aliphatic carbocycles. The van der Waals surface area contributed by atoms with Gasteiger partial charge in [-0.1, -0.05) is 78.9 Å². The maximum absolute atomic E-state index is 12.7. The van der Waals surface area contributed by atoms with E-state index in [-0.39, 0.29) is 9.79 Å². The third kappa shape index (κ3) is 4.54. The van der Waals surface area contributed by atoms with Crippen molar-refractivity contribution in [3.63, 3.8) is 0 Å². The summed E-state index contributed by atoms with van der Waals surface area (Å²) in [7, 11) is -8.43. The number of halogens is 2. The lowest BCUT2D eigenvalue weighted by Gasteiger charge is -2.18. The molecule has 0 saturated heterocycles. The summed E-state index contributed by atoms with van der Waals surface area (Å²) < 4.78 is 59.9. The van der Waals surface area contributed by atoms with Gasteiger partial charge in [0.25, 0.3) is 0 Å². The van der Waals surface area contributed by atoms with Crippen molar-refractivity contribution >= 4 is 87.8 Å².